The van der Waals surface area contributed by atoms with Crippen LogP contribution < -0.4 is 10.2 Å². The van der Waals surface area contributed by atoms with E-state index in [1.807, 2.05) is 29.2 Å². The SMILES string of the molecule is O=C(O)C(F)(F)F.O=C1N(Cc2ccc(-c3nnc(C(F)F)o3)cc2F)c2ccccc2CN1C1CCNCC1. The van der Waals surface area contributed by atoms with E-state index in [0.29, 0.717) is 12.1 Å². The zero-order valence-corrected chi connectivity index (χ0v) is 20.7. The quantitative estimate of drug-likeness (QED) is 0.408. The van der Waals surface area contributed by atoms with Crippen molar-refractivity contribution in [1.82, 2.24) is 20.4 Å². The molecule has 0 unspecified atom stereocenters. The van der Waals surface area contributed by atoms with Gasteiger partial charge in [-0.3, -0.25) is 4.90 Å². The molecule has 2 aromatic carbocycles. The van der Waals surface area contributed by atoms with Gasteiger partial charge in [-0.1, -0.05) is 24.3 Å². The van der Waals surface area contributed by atoms with Crippen molar-refractivity contribution in [2.24, 2.45) is 0 Å². The number of nitrogens with one attached hydrogen (secondary N) is 1. The Labute approximate surface area is 223 Å². The number of hydrogen-bond acceptors (Lipinski definition) is 6. The molecule has 0 radical (unpaired) electrons. The zero-order valence-electron chi connectivity index (χ0n) is 20.7. The fourth-order valence-electron chi connectivity index (χ4n) is 4.39. The van der Waals surface area contributed by atoms with E-state index in [9.17, 15) is 26.7 Å². The van der Waals surface area contributed by atoms with Gasteiger partial charge in [0.25, 0.3) is 5.89 Å². The lowest BCUT2D eigenvalue weighted by Crippen LogP contribution is -2.53. The van der Waals surface area contributed by atoms with Crippen LogP contribution in [-0.4, -0.2) is 57.5 Å². The van der Waals surface area contributed by atoms with Gasteiger partial charge in [0.05, 0.1) is 12.2 Å². The van der Waals surface area contributed by atoms with Crippen LogP contribution in [0.25, 0.3) is 11.5 Å². The Morgan fingerprint density at radius 2 is 1.80 bits per heavy atom. The summed E-state index contributed by atoms with van der Waals surface area (Å²) in [6, 6.07) is 11.8. The smallest absolute Gasteiger partial charge is 0.475 e. The molecular formula is C25H23F6N5O4. The lowest BCUT2D eigenvalue weighted by atomic mass is 10.0. The number of carboxylic acids is 1. The monoisotopic (exact) mass is 571 g/mol. The molecule has 214 valence electrons. The van der Waals surface area contributed by atoms with E-state index in [1.165, 1.54) is 12.1 Å². The van der Waals surface area contributed by atoms with Crippen LogP contribution in [0.4, 0.5) is 36.8 Å². The first-order valence-corrected chi connectivity index (χ1v) is 12.0. The topological polar surface area (TPSA) is 112 Å². The number of nitrogens with zero attached hydrogens (tertiary/aromatic N) is 4. The number of halogens is 6. The summed E-state index contributed by atoms with van der Waals surface area (Å²) in [5.41, 5.74) is 2.26. The number of carbonyl (C=O) groups is 2. The number of rotatable bonds is 5. The molecule has 1 aromatic heterocycles. The molecule has 1 saturated heterocycles. The van der Waals surface area contributed by atoms with Gasteiger partial charge in [0.15, 0.2) is 0 Å². The van der Waals surface area contributed by atoms with Crippen LogP contribution >= 0.6 is 0 Å². The molecule has 1 fully saturated rings. The van der Waals surface area contributed by atoms with E-state index in [4.69, 9.17) is 14.3 Å². The Bertz CT molecular complexity index is 1360. The standard InChI is InChI=1S/C23H22F3N5O2.C2HF3O2/c24-18-11-14(21-28-29-22(33-21)20(25)26)5-6-15(18)12-31-19-4-2-1-3-16(19)13-30(23(31)32)17-7-9-27-10-8-17;3-2(4,5)1(6)7/h1-6,11,17,20,27H,7-10,12-13H2;(H,6,7). The third kappa shape index (κ3) is 6.52. The maximum atomic E-state index is 15.0. The van der Waals surface area contributed by atoms with E-state index >= 15 is 4.39 Å². The first-order chi connectivity index (χ1) is 19.0. The van der Waals surface area contributed by atoms with E-state index in [2.05, 4.69) is 15.5 Å². The van der Waals surface area contributed by atoms with Gasteiger partial charge >= 0.3 is 24.6 Å². The molecule has 0 aliphatic carbocycles. The molecule has 3 aromatic rings. The van der Waals surface area contributed by atoms with Crippen LogP contribution in [0.15, 0.2) is 46.9 Å². The third-order valence-electron chi connectivity index (χ3n) is 6.35. The van der Waals surface area contributed by atoms with Crippen molar-refractivity contribution in [3.05, 3.63) is 65.3 Å². The van der Waals surface area contributed by atoms with E-state index in [-0.39, 0.29) is 30.1 Å². The number of amides is 2. The molecule has 0 bridgehead atoms. The van der Waals surface area contributed by atoms with Crippen LogP contribution in [-0.2, 0) is 17.9 Å². The van der Waals surface area contributed by atoms with Crippen molar-refractivity contribution >= 4 is 17.7 Å². The van der Waals surface area contributed by atoms with Crippen molar-refractivity contribution in [3.8, 4) is 11.5 Å². The van der Waals surface area contributed by atoms with Gasteiger partial charge in [-0.15, -0.1) is 10.2 Å². The molecule has 9 nitrogen and oxygen atoms in total. The highest BCUT2D eigenvalue weighted by molar-refractivity contribution is 5.95. The summed E-state index contributed by atoms with van der Waals surface area (Å²) in [7, 11) is 0. The number of aromatic nitrogens is 2. The predicted molar refractivity (Wildman–Crippen MR) is 128 cm³/mol. The number of alkyl halides is 5. The maximum Gasteiger partial charge on any atom is 0.490 e. The number of hydrogen-bond donors (Lipinski definition) is 2. The van der Waals surface area contributed by atoms with Crippen LogP contribution in [0.5, 0.6) is 0 Å². The van der Waals surface area contributed by atoms with E-state index in [1.54, 1.807) is 4.90 Å². The molecule has 2 N–H and O–H groups in total. The molecule has 0 saturated carbocycles. The molecule has 15 heteroatoms. The summed E-state index contributed by atoms with van der Waals surface area (Å²) < 4.78 is 77.1. The lowest BCUT2D eigenvalue weighted by molar-refractivity contribution is -0.192. The molecule has 5 rings (SSSR count). The van der Waals surface area contributed by atoms with Crippen molar-refractivity contribution in [2.45, 2.75) is 44.6 Å². The predicted octanol–water partition coefficient (Wildman–Crippen LogP) is 5.14. The average Bonchev–Trinajstić information content (AvgIpc) is 3.42. The number of anilines is 1. The minimum absolute atomic E-state index is 0.0372. The van der Waals surface area contributed by atoms with Crippen LogP contribution in [0, 0.1) is 5.82 Å². The largest absolute Gasteiger partial charge is 0.490 e. The summed E-state index contributed by atoms with van der Waals surface area (Å²) >= 11 is 0. The van der Waals surface area contributed by atoms with Crippen molar-refractivity contribution < 1.29 is 45.5 Å². The number of urea groups is 1. The first kappa shape index (κ1) is 28.9. The van der Waals surface area contributed by atoms with E-state index in [0.717, 1.165) is 43.2 Å². The molecule has 40 heavy (non-hydrogen) atoms. The summed E-state index contributed by atoms with van der Waals surface area (Å²) in [6.45, 7) is 2.28. The fourth-order valence-corrected chi connectivity index (χ4v) is 4.39. The lowest BCUT2D eigenvalue weighted by Gasteiger charge is -2.42. The van der Waals surface area contributed by atoms with Gasteiger partial charge in [-0.05, 0) is 49.7 Å². The van der Waals surface area contributed by atoms with Gasteiger partial charge < -0.3 is 19.7 Å². The second kappa shape index (κ2) is 11.9. The van der Waals surface area contributed by atoms with Gasteiger partial charge in [-0.25, -0.2) is 14.0 Å². The van der Waals surface area contributed by atoms with Crippen molar-refractivity contribution in [2.75, 3.05) is 18.0 Å². The van der Waals surface area contributed by atoms with Crippen molar-refractivity contribution in [3.63, 3.8) is 0 Å². The summed E-state index contributed by atoms with van der Waals surface area (Å²) in [6.07, 6.45) is -6.24. The number of carboxylic acid groups (broad SMARTS) is 1. The highest BCUT2D eigenvalue weighted by atomic mass is 19.4. The Morgan fingerprint density at radius 3 is 2.40 bits per heavy atom. The highest BCUT2D eigenvalue weighted by Gasteiger charge is 2.38. The highest BCUT2D eigenvalue weighted by Crippen LogP contribution is 2.33. The van der Waals surface area contributed by atoms with Gasteiger partial charge in [-0.2, -0.15) is 22.0 Å². The molecule has 3 heterocycles. The number of benzene rings is 2. The Kier molecular flexibility index (Phi) is 8.61. The van der Waals surface area contributed by atoms with Crippen LogP contribution in [0.2, 0.25) is 0 Å². The summed E-state index contributed by atoms with van der Waals surface area (Å²) in [5.74, 6) is -4.35. The van der Waals surface area contributed by atoms with Crippen molar-refractivity contribution in [1.29, 1.82) is 0 Å². The zero-order chi connectivity index (χ0) is 29.0. The van der Waals surface area contributed by atoms with E-state index < -0.39 is 30.3 Å². The second-order valence-corrected chi connectivity index (χ2v) is 8.96. The van der Waals surface area contributed by atoms with Gasteiger partial charge in [0.2, 0.25) is 5.89 Å². The molecule has 0 spiro atoms. The van der Waals surface area contributed by atoms with Gasteiger partial charge in [0.1, 0.15) is 5.82 Å². The third-order valence-corrected chi connectivity index (χ3v) is 6.35. The number of aliphatic carboxylic acids is 1. The van der Waals surface area contributed by atoms with Gasteiger partial charge in [0, 0.05) is 23.7 Å². The second-order valence-electron chi connectivity index (χ2n) is 8.96. The van der Waals surface area contributed by atoms with Crippen LogP contribution in [0.3, 0.4) is 0 Å². The molecule has 2 amide bonds. The summed E-state index contributed by atoms with van der Waals surface area (Å²) in [5, 5.41) is 17.3. The normalized spacial score (nSPS) is 16.0. The number of piperidine rings is 1. The fraction of sp³-hybridized carbons (Fsp3) is 0.360. The van der Waals surface area contributed by atoms with Crippen LogP contribution in [0.1, 0.15) is 36.3 Å². The maximum absolute atomic E-state index is 15.0. The minimum atomic E-state index is -5.08. The molecule has 2 aliphatic heterocycles. The molecule has 0 atom stereocenters. The summed E-state index contributed by atoms with van der Waals surface area (Å²) in [4.78, 5) is 25.8. The number of para-hydroxylation sites is 1. The first-order valence-electron chi connectivity index (χ1n) is 12.0. The number of carbonyl (C=O) groups excluding carboxylic acids is 1. The molecular weight excluding hydrogens is 548 g/mol. The minimum Gasteiger partial charge on any atom is -0.475 e. The Balaban J connectivity index is 0.000000470. The number of fused-ring (bicyclic) bond motifs is 1. The average molecular weight is 571 g/mol. The molecule has 2 aliphatic rings. The Hall–Kier alpha value is -4.14. The Morgan fingerprint density at radius 1 is 1.12 bits per heavy atom.